The van der Waals surface area contributed by atoms with Crippen LogP contribution >= 0.6 is 11.8 Å². The molecule has 2 aromatic rings. The van der Waals surface area contributed by atoms with Gasteiger partial charge in [-0.25, -0.2) is 9.37 Å². The molecule has 0 atom stereocenters. The fraction of sp³-hybridized carbons (Fsp3) is 0.100. The Hall–Kier alpha value is -2.29. The molecule has 7 nitrogen and oxygen atoms in total. The summed E-state index contributed by atoms with van der Waals surface area (Å²) < 4.78 is 13.3. The topological polar surface area (TPSA) is 108 Å². The quantitative estimate of drug-likeness (QED) is 0.520. The molecule has 0 saturated heterocycles. The number of aromatic nitrogens is 3. The van der Waals surface area contributed by atoms with Crippen molar-refractivity contribution in [2.24, 2.45) is 0 Å². The van der Waals surface area contributed by atoms with Crippen LogP contribution in [0.25, 0.3) is 11.4 Å². The summed E-state index contributed by atoms with van der Waals surface area (Å²) >= 11 is 1.24. The van der Waals surface area contributed by atoms with Crippen molar-refractivity contribution in [3.8, 4) is 11.4 Å². The average molecular weight is 281 g/mol. The zero-order chi connectivity index (χ0) is 14.0. The van der Waals surface area contributed by atoms with Crippen molar-refractivity contribution in [2.45, 2.75) is 5.16 Å². The van der Waals surface area contributed by atoms with Crippen LogP contribution in [-0.2, 0) is 0 Å². The maximum atomic E-state index is 13.3. The summed E-state index contributed by atoms with van der Waals surface area (Å²) in [7, 11) is 0. The van der Waals surface area contributed by atoms with E-state index in [1.165, 1.54) is 17.8 Å². The van der Waals surface area contributed by atoms with Crippen LogP contribution in [0.4, 0.5) is 16.0 Å². The molecule has 0 aliphatic carbocycles. The normalized spacial score (nSPS) is 10.4. The number of rotatable bonds is 3. The minimum absolute atomic E-state index is 0.0266. The van der Waals surface area contributed by atoms with Gasteiger partial charge in [0.15, 0.2) is 11.0 Å². The third-order valence-electron chi connectivity index (χ3n) is 2.17. The Morgan fingerprint density at radius 3 is 2.68 bits per heavy atom. The SMILES string of the molecule is CSc1nc(N)nc(-c2cc(F)cc([N+](=O)[O-])c2)n1. The number of nitro benzene ring substituents is 1. The first-order valence-corrected chi connectivity index (χ1v) is 6.23. The third kappa shape index (κ3) is 2.94. The van der Waals surface area contributed by atoms with Crippen molar-refractivity contribution >= 4 is 23.4 Å². The molecule has 1 aromatic heterocycles. The summed E-state index contributed by atoms with van der Waals surface area (Å²) in [5, 5.41) is 11.0. The Bertz CT molecular complexity index is 652. The summed E-state index contributed by atoms with van der Waals surface area (Å²) in [4.78, 5) is 21.7. The molecule has 1 heterocycles. The van der Waals surface area contributed by atoms with Crippen molar-refractivity contribution in [3.05, 3.63) is 34.1 Å². The van der Waals surface area contributed by atoms with Gasteiger partial charge in [0.2, 0.25) is 5.95 Å². The Balaban J connectivity index is 2.58. The van der Waals surface area contributed by atoms with Crippen LogP contribution < -0.4 is 5.73 Å². The molecule has 0 bridgehead atoms. The second kappa shape index (κ2) is 5.14. The molecule has 1 aromatic carbocycles. The Morgan fingerprint density at radius 2 is 2.05 bits per heavy atom. The van der Waals surface area contributed by atoms with Crippen LogP contribution in [0.5, 0.6) is 0 Å². The Labute approximate surface area is 111 Å². The summed E-state index contributed by atoms with van der Waals surface area (Å²) in [6.07, 6.45) is 1.74. The zero-order valence-corrected chi connectivity index (χ0v) is 10.5. The molecule has 19 heavy (non-hydrogen) atoms. The number of nitrogens with two attached hydrogens (primary N) is 1. The molecule has 9 heteroatoms. The van der Waals surface area contributed by atoms with Crippen LogP contribution in [-0.4, -0.2) is 26.1 Å². The van der Waals surface area contributed by atoms with Crippen LogP contribution in [0, 0.1) is 15.9 Å². The smallest absolute Gasteiger partial charge is 0.273 e. The predicted octanol–water partition coefficient (Wildman–Crippen LogP) is 1.89. The molecular formula is C10H8FN5O2S. The molecule has 2 rings (SSSR count). The minimum Gasteiger partial charge on any atom is -0.368 e. The maximum absolute atomic E-state index is 13.3. The molecule has 0 unspecified atom stereocenters. The van der Waals surface area contributed by atoms with E-state index >= 15 is 0 Å². The fourth-order valence-corrected chi connectivity index (χ4v) is 1.76. The van der Waals surface area contributed by atoms with Gasteiger partial charge in [-0.15, -0.1) is 0 Å². The van der Waals surface area contributed by atoms with Gasteiger partial charge in [0.1, 0.15) is 5.82 Å². The van der Waals surface area contributed by atoms with Gasteiger partial charge >= 0.3 is 0 Å². The highest BCUT2D eigenvalue weighted by atomic mass is 32.2. The van der Waals surface area contributed by atoms with Gasteiger partial charge in [-0.2, -0.15) is 9.97 Å². The van der Waals surface area contributed by atoms with E-state index in [0.29, 0.717) is 5.16 Å². The lowest BCUT2D eigenvalue weighted by Crippen LogP contribution is -2.02. The van der Waals surface area contributed by atoms with Gasteiger partial charge < -0.3 is 5.73 Å². The minimum atomic E-state index is -0.742. The van der Waals surface area contributed by atoms with Crippen LogP contribution in [0.3, 0.4) is 0 Å². The molecule has 0 aliphatic heterocycles. The highest BCUT2D eigenvalue weighted by molar-refractivity contribution is 7.98. The lowest BCUT2D eigenvalue weighted by atomic mass is 10.2. The van der Waals surface area contributed by atoms with E-state index in [2.05, 4.69) is 15.0 Å². The Kier molecular flexibility index (Phi) is 3.56. The van der Waals surface area contributed by atoms with E-state index in [-0.39, 0.29) is 23.0 Å². The Morgan fingerprint density at radius 1 is 1.32 bits per heavy atom. The largest absolute Gasteiger partial charge is 0.368 e. The summed E-state index contributed by atoms with van der Waals surface area (Å²) in [5.41, 5.74) is 5.31. The van der Waals surface area contributed by atoms with Gasteiger partial charge in [0.25, 0.3) is 5.69 Å². The second-order valence-corrected chi connectivity index (χ2v) is 4.23. The van der Waals surface area contributed by atoms with Crippen LogP contribution in [0.2, 0.25) is 0 Å². The molecule has 0 saturated carbocycles. The monoisotopic (exact) mass is 281 g/mol. The van der Waals surface area contributed by atoms with Crippen molar-refractivity contribution in [1.29, 1.82) is 0 Å². The molecule has 2 N–H and O–H groups in total. The lowest BCUT2D eigenvalue weighted by molar-refractivity contribution is -0.385. The average Bonchev–Trinajstić information content (AvgIpc) is 2.37. The highest BCUT2D eigenvalue weighted by Crippen LogP contribution is 2.24. The zero-order valence-electron chi connectivity index (χ0n) is 9.70. The van der Waals surface area contributed by atoms with Gasteiger partial charge in [0.05, 0.1) is 11.0 Å². The van der Waals surface area contributed by atoms with E-state index < -0.39 is 10.7 Å². The van der Waals surface area contributed by atoms with E-state index in [1.807, 2.05) is 0 Å². The standard InChI is InChI=1S/C10H8FN5O2S/c1-19-10-14-8(13-9(12)15-10)5-2-6(11)4-7(3-5)16(17)18/h2-4H,1H3,(H2,12,13,14,15). The van der Waals surface area contributed by atoms with Gasteiger partial charge in [0, 0.05) is 11.6 Å². The number of nitro groups is 1. The van der Waals surface area contributed by atoms with Crippen molar-refractivity contribution < 1.29 is 9.31 Å². The third-order valence-corrected chi connectivity index (χ3v) is 2.71. The number of nitrogen functional groups attached to an aromatic ring is 1. The molecule has 98 valence electrons. The number of hydrogen-bond acceptors (Lipinski definition) is 7. The van der Waals surface area contributed by atoms with Gasteiger partial charge in [-0.05, 0) is 12.3 Å². The lowest BCUT2D eigenvalue weighted by Gasteiger charge is -2.03. The van der Waals surface area contributed by atoms with E-state index in [9.17, 15) is 14.5 Å². The first-order chi connectivity index (χ1) is 8.99. The van der Waals surface area contributed by atoms with Crippen LogP contribution in [0.1, 0.15) is 0 Å². The predicted molar refractivity (Wildman–Crippen MR) is 68.1 cm³/mol. The summed E-state index contributed by atoms with van der Waals surface area (Å²) in [6.45, 7) is 0. The molecule has 0 amide bonds. The molecule has 0 fully saturated rings. The van der Waals surface area contributed by atoms with Crippen molar-refractivity contribution in [1.82, 2.24) is 15.0 Å². The van der Waals surface area contributed by atoms with E-state index in [1.54, 1.807) is 6.26 Å². The first kappa shape index (κ1) is 13.1. The van der Waals surface area contributed by atoms with Crippen molar-refractivity contribution in [3.63, 3.8) is 0 Å². The number of nitrogens with zero attached hydrogens (tertiary/aromatic N) is 4. The number of hydrogen-bond donors (Lipinski definition) is 1. The van der Waals surface area contributed by atoms with Gasteiger partial charge in [-0.3, -0.25) is 10.1 Å². The number of anilines is 1. The number of benzene rings is 1. The number of non-ortho nitro benzene ring substituents is 1. The molecule has 0 radical (unpaired) electrons. The number of thioether (sulfide) groups is 1. The maximum Gasteiger partial charge on any atom is 0.273 e. The van der Waals surface area contributed by atoms with Crippen LogP contribution in [0.15, 0.2) is 23.4 Å². The molecule has 0 spiro atoms. The van der Waals surface area contributed by atoms with Crippen molar-refractivity contribution in [2.75, 3.05) is 12.0 Å². The summed E-state index contributed by atoms with van der Waals surface area (Å²) in [5.74, 6) is -0.672. The summed E-state index contributed by atoms with van der Waals surface area (Å²) in [6, 6.07) is 3.11. The van der Waals surface area contributed by atoms with E-state index in [4.69, 9.17) is 5.73 Å². The van der Waals surface area contributed by atoms with Gasteiger partial charge in [-0.1, -0.05) is 11.8 Å². The molecular weight excluding hydrogens is 273 g/mol. The second-order valence-electron chi connectivity index (χ2n) is 3.46. The molecule has 0 aliphatic rings. The fourth-order valence-electron chi connectivity index (χ4n) is 1.40. The highest BCUT2D eigenvalue weighted by Gasteiger charge is 2.14. The van der Waals surface area contributed by atoms with E-state index in [0.717, 1.165) is 12.1 Å². The first-order valence-electron chi connectivity index (χ1n) is 5.00. The number of halogens is 1.